The van der Waals surface area contributed by atoms with Crippen molar-refractivity contribution in [3.05, 3.63) is 105 Å². The second kappa shape index (κ2) is 14.8. The Balaban J connectivity index is 0.00000481. The fourth-order valence-corrected chi connectivity index (χ4v) is 7.73. The molecule has 0 aliphatic carbocycles. The van der Waals surface area contributed by atoms with Crippen molar-refractivity contribution in [2.75, 3.05) is 14.2 Å². The lowest BCUT2D eigenvalue weighted by Gasteiger charge is -2.25. The number of aryl methyl sites for hydroxylation is 2. The molecule has 274 valence electrons. The van der Waals surface area contributed by atoms with Crippen molar-refractivity contribution < 1.29 is 52.5 Å². The number of amides is 2. The molecule has 0 saturated carbocycles. The van der Waals surface area contributed by atoms with E-state index < -0.39 is 11.8 Å². The molecule has 0 saturated heterocycles. The summed E-state index contributed by atoms with van der Waals surface area (Å²) in [5.74, 6) is -1.91. The third kappa shape index (κ3) is 6.41. The van der Waals surface area contributed by atoms with Crippen LogP contribution in [0.5, 0.6) is 0 Å². The van der Waals surface area contributed by atoms with Gasteiger partial charge in [-0.15, -0.1) is 5.06 Å². The Morgan fingerprint density at radius 2 is 1.66 bits per heavy atom. The van der Waals surface area contributed by atoms with Crippen molar-refractivity contribution in [3.8, 4) is 0 Å². The Hall–Kier alpha value is -4.95. The molecule has 12 heteroatoms. The molecule has 11 nitrogen and oxygen atoms in total. The number of hydroxylamine groups is 2. The molecule has 2 N–H and O–H groups in total. The van der Waals surface area contributed by atoms with Crippen LogP contribution in [0.25, 0.3) is 39.4 Å². The summed E-state index contributed by atoms with van der Waals surface area (Å²) in [6.45, 7) is 10.2. The van der Waals surface area contributed by atoms with Gasteiger partial charge in [0, 0.05) is 58.9 Å². The van der Waals surface area contributed by atoms with Gasteiger partial charge in [-0.3, -0.25) is 19.2 Å². The van der Waals surface area contributed by atoms with Gasteiger partial charge in [0.25, 0.3) is 11.8 Å². The number of fused-ring (bicyclic) bond motifs is 8. The number of aromatic amines is 2. The summed E-state index contributed by atoms with van der Waals surface area (Å²) >= 11 is 0. The number of esters is 1. The number of hydrogen-bond acceptors (Lipinski definition) is 7. The molecular weight excluding hydrogens is 783 g/mol. The van der Waals surface area contributed by atoms with E-state index in [4.69, 9.17) is 19.5 Å². The minimum absolute atomic E-state index is 0. The summed E-state index contributed by atoms with van der Waals surface area (Å²) in [7, 11) is 4.69. The van der Waals surface area contributed by atoms with Gasteiger partial charge in [-0.05, 0) is 86.2 Å². The first-order valence-electron chi connectivity index (χ1n) is 17.6. The zero-order chi connectivity index (χ0) is 37.0. The van der Waals surface area contributed by atoms with Gasteiger partial charge in [0.15, 0.2) is 6.20 Å². The topological polar surface area (TPSA) is 134 Å². The maximum Gasteiger partial charge on any atom is 0.305 e. The number of aromatic nitrogens is 5. The van der Waals surface area contributed by atoms with Crippen molar-refractivity contribution in [1.29, 1.82) is 0 Å². The second-order valence-electron chi connectivity index (χ2n) is 13.6. The monoisotopic (exact) mass is 826 g/mol. The van der Waals surface area contributed by atoms with Crippen LogP contribution >= 0.6 is 0 Å². The van der Waals surface area contributed by atoms with Crippen LogP contribution < -0.4 is 28.5 Å². The fraction of sp³-hybridized carbons (Fsp3) is 0.317. The smallest absolute Gasteiger partial charge is 0.305 e. The van der Waals surface area contributed by atoms with Gasteiger partial charge >= 0.3 is 5.97 Å². The Labute approximate surface area is 325 Å². The van der Waals surface area contributed by atoms with Crippen LogP contribution in [0.15, 0.2) is 48.7 Å². The van der Waals surface area contributed by atoms with Gasteiger partial charge in [-0.25, -0.2) is 14.5 Å². The number of halogens is 1. The standard InChI is InChI=1S/C41H42N6O5.HI/c1-9-26-21(2)30-19-34-27(14-13-25-12-10-11-17-46(25)6)22(3)29(43-34)18-31-23(4)28(15-16-35(48)51-7)38(44-31)37-39-36(40(49)47(52-8)41(37)50)24(5)32(45-39)20-33(26)42-30;/h10-14,17-20,23,28H,9,15-16H2,1-8H3,(H,42,43,44,45,50);1H/t23-,28-;/m0./s1. The number of nitrogens with one attached hydrogen (secondary N) is 2. The van der Waals surface area contributed by atoms with Gasteiger partial charge in [0.05, 0.1) is 53.6 Å². The first-order valence-corrected chi connectivity index (χ1v) is 17.6. The van der Waals surface area contributed by atoms with Crippen LogP contribution in [-0.4, -0.2) is 57.0 Å². The molecule has 3 aromatic heterocycles. The number of H-pyrrole nitrogens is 2. The zero-order valence-corrected chi connectivity index (χ0v) is 33.3. The largest absolute Gasteiger partial charge is 1.00 e. The summed E-state index contributed by atoms with van der Waals surface area (Å²) < 4.78 is 7.07. The molecule has 0 radical (unpaired) electrons. The number of allylic oxidation sites excluding steroid dienone is 5. The van der Waals surface area contributed by atoms with Crippen LogP contribution in [0.4, 0.5) is 0 Å². The molecule has 53 heavy (non-hydrogen) atoms. The Bertz CT molecular complexity index is 2360. The molecule has 0 spiro atoms. The molecule has 2 amide bonds. The van der Waals surface area contributed by atoms with Crippen LogP contribution in [0.3, 0.4) is 0 Å². The van der Waals surface area contributed by atoms with Crippen molar-refractivity contribution in [1.82, 2.24) is 25.0 Å². The maximum absolute atomic E-state index is 14.2. The molecule has 3 aromatic rings. The summed E-state index contributed by atoms with van der Waals surface area (Å²) in [4.78, 5) is 63.2. The molecule has 0 aromatic carbocycles. The van der Waals surface area contributed by atoms with Gasteiger partial charge in [0.1, 0.15) is 7.05 Å². The van der Waals surface area contributed by atoms with Crippen LogP contribution in [-0.2, 0) is 21.4 Å². The van der Waals surface area contributed by atoms with E-state index in [2.05, 4.69) is 66.5 Å². The number of imide groups is 1. The van der Waals surface area contributed by atoms with Crippen LogP contribution in [0.1, 0.15) is 125 Å². The average molecular weight is 827 g/mol. The van der Waals surface area contributed by atoms with Gasteiger partial charge in [0.2, 0.25) is 5.69 Å². The van der Waals surface area contributed by atoms with E-state index in [1.54, 1.807) is 0 Å². The van der Waals surface area contributed by atoms with Gasteiger partial charge in [-0.2, -0.15) is 0 Å². The number of pyridine rings is 1. The number of nitrogens with zero attached hydrogens (tertiary/aromatic N) is 4. The van der Waals surface area contributed by atoms with Crippen molar-refractivity contribution in [3.63, 3.8) is 0 Å². The highest BCUT2D eigenvalue weighted by atomic mass is 127. The van der Waals surface area contributed by atoms with Crippen LogP contribution in [0, 0.1) is 6.92 Å². The minimum atomic E-state index is -0.590. The molecule has 7 heterocycles. The van der Waals surface area contributed by atoms with E-state index in [0.29, 0.717) is 39.8 Å². The van der Waals surface area contributed by atoms with E-state index in [9.17, 15) is 14.4 Å². The highest BCUT2D eigenvalue weighted by molar-refractivity contribution is 6.22. The molecule has 2 atom stereocenters. The average Bonchev–Trinajstić information content (AvgIpc) is 3.80. The highest BCUT2D eigenvalue weighted by Crippen LogP contribution is 2.45. The normalized spacial score (nSPS) is 17.5. The lowest BCUT2D eigenvalue weighted by Crippen LogP contribution is -3.00. The van der Waals surface area contributed by atoms with Crippen molar-refractivity contribution in [2.24, 2.45) is 7.05 Å². The van der Waals surface area contributed by atoms with Gasteiger partial charge < -0.3 is 38.7 Å². The molecule has 4 aliphatic heterocycles. The zero-order valence-electron chi connectivity index (χ0n) is 31.2. The van der Waals surface area contributed by atoms with Crippen molar-refractivity contribution in [2.45, 2.75) is 65.7 Å². The SMILES string of the molecule is CCC1=C(C)c2cc3nc(cc4[nH]c(c5c6[nH]c(cc1n2)c(C)c6C(=O)N(OC)C5=O)[C@@H](CCC(=O)OC)[C@@H]4C)C(C)=C3/C=C/c1cccc[n+]1C.[I-]. The van der Waals surface area contributed by atoms with E-state index in [1.807, 2.05) is 44.4 Å². The predicted octanol–water partition coefficient (Wildman–Crippen LogP) is 4.16. The Morgan fingerprint density at radius 3 is 2.36 bits per heavy atom. The second-order valence-corrected chi connectivity index (χ2v) is 13.6. The molecule has 0 fully saturated rings. The number of rotatable bonds is 7. The summed E-state index contributed by atoms with van der Waals surface area (Å²) in [6, 6.07) is 12.1. The maximum atomic E-state index is 14.2. The fourth-order valence-electron chi connectivity index (χ4n) is 7.73. The molecule has 8 bridgehead atoms. The lowest BCUT2D eigenvalue weighted by atomic mass is 9.84. The molecular formula is C41H43IN6O5. The van der Waals surface area contributed by atoms with E-state index in [1.165, 1.54) is 14.2 Å². The van der Waals surface area contributed by atoms with E-state index >= 15 is 0 Å². The first kappa shape index (κ1) is 37.8. The van der Waals surface area contributed by atoms with Crippen LogP contribution in [0.2, 0.25) is 0 Å². The summed E-state index contributed by atoms with van der Waals surface area (Å²) in [5.41, 5.74) is 12.2. The third-order valence-corrected chi connectivity index (χ3v) is 10.8. The summed E-state index contributed by atoms with van der Waals surface area (Å²) in [6.07, 6.45) is 7.51. The first-order chi connectivity index (χ1) is 25.0. The quantitative estimate of drug-likeness (QED) is 0.158. The lowest BCUT2D eigenvalue weighted by molar-refractivity contribution is -0.673. The Kier molecular flexibility index (Phi) is 10.6. The molecule has 7 rings (SSSR count). The number of carbonyl (C=O) groups is 3. The number of methoxy groups -OCH3 is 1. The predicted molar refractivity (Wildman–Crippen MR) is 199 cm³/mol. The highest BCUT2D eigenvalue weighted by Gasteiger charge is 2.41. The van der Waals surface area contributed by atoms with Crippen molar-refractivity contribution >= 4 is 57.2 Å². The number of carbonyl (C=O) groups excluding carboxylic acids is 3. The Morgan fingerprint density at radius 1 is 0.943 bits per heavy atom. The third-order valence-electron chi connectivity index (χ3n) is 10.8. The molecule has 0 unspecified atom stereocenters. The molecule has 4 aliphatic rings. The number of ether oxygens (including phenoxy) is 1. The van der Waals surface area contributed by atoms with Gasteiger partial charge in [-0.1, -0.05) is 13.8 Å². The van der Waals surface area contributed by atoms with E-state index in [0.717, 1.165) is 67.9 Å². The summed E-state index contributed by atoms with van der Waals surface area (Å²) in [5, 5.41) is 0.810. The minimum Gasteiger partial charge on any atom is -1.00 e. The number of hydrogen-bond donors (Lipinski definition) is 2. The van der Waals surface area contributed by atoms with E-state index in [-0.39, 0.29) is 48.2 Å².